The number of phenolic OH excluding ortho intramolecular Hbond substituents is 1. The van der Waals surface area contributed by atoms with Gasteiger partial charge in [-0.2, -0.15) is 0 Å². The molecule has 0 aromatic heterocycles. The number of rotatable bonds is 4. The molecule has 0 aliphatic heterocycles. The summed E-state index contributed by atoms with van der Waals surface area (Å²) in [6, 6.07) is 1.98. The first-order valence-corrected chi connectivity index (χ1v) is 10.0. The van der Waals surface area contributed by atoms with E-state index in [2.05, 4.69) is 10.6 Å². The second-order valence-corrected chi connectivity index (χ2v) is 8.82. The van der Waals surface area contributed by atoms with Gasteiger partial charge in [0.15, 0.2) is 0 Å². The summed E-state index contributed by atoms with van der Waals surface area (Å²) in [6.07, 6.45) is 7.85. The van der Waals surface area contributed by atoms with E-state index in [1.165, 1.54) is 0 Å². The predicted octanol–water partition coefficient (Wildman–Crippen LogP) is 3.68. The molecule has 3 N–H and O–H groups in total. The highest BCUT2D eigenvalue weighted by atomic mass is 35.5. The summed E-state index contributed by atoms with van der Waals surface area (Å²) in [5, 5.41) is 16.1. The maximum atomic E-state index is 13.6. The number of hydrogen-bond acceptors (Lipinski definition) is 3. The van der Waals surface area contributed by atoms with Crippen LogP contribution in [0.4, 0.5) is 4.39 Å². The minimum absolute atomic E-state index is 0.143. The minimum atomic E-state index is -0.662. The van der Waals surface area contributed by atoms with E-state index in [9.17, 15) is 19.1 Å². The number of aromatic hydroxyl groups is 1. The van der Waals surface area contributed by atoms with E-state index in [0.29, 0.717) is 0 Å². The maximum absolute atomic E-state index is 13.6. The van der Waals surface area contributed by atoms with E-state index in [1.807, 2.05) is 0 Å². The zero-order chi connectivity index (χ0) is 19.2. The molecule has 0 spiro atoms. The van der Waals surface area contributed by atoms with Gasteiger partial charge in [-0.25, -0.2) is 4.39 Å². The van der Waals surface area contributed by atoms with E-state index in [0.717, 1.165) is 69.9 Å². The fourth-order valence-corrected chi connectivity index (χ4v) is 4.85. The van der Waals surface area contributed by atoms with Crippen molar-refractivity contribution in [3.8, 4) is 5.75 Å². The van der Waals surface area contributed by atoms with Gasteiger partial charge in [0.2, 0.25) is 5.91 Å². The van der Waals surface area contributed by atoms with Gasteiger partial charge in [0, 0.05) is 17.0 Å². The van der Waals surface area contributed by atoms with Gasteiger partial charge in [0.1, 0.15) is 11.6 Å². The van der Waals surface area contributed by atoms with Crippen LogP contribution in [0.5, 0.6) is 5.75 Å². The molecule has 2 amide bonds. The number of nitrogens with one attached hydrogen (secondary N) is 2. The molecule has 4 saturated carbocycles. The summed E-state index contributed by atoms with van der Waals surface area (Å²) in [7, 11) is 0. The van der Waals surface area contributed by atoms with Gasteiger partial charge in [-0.15, -0.1) is 0 Å². The molecule has 5 nitrogen and oxygen atoms in total. The van der Waals surface area contributed by atoms with Crippen LogP contribution < -0.4 is 10.6 Å². The fourth-order valence-electron chi connectivity index (χ4n) is 4.64. The van der Waals surface area contributed by atoms with Crippen molar-refractivity contribution in [2.45, 2.75) is 68.9 Å². The number of hydrogen-bond donors (Lipinski definition) is 3. The fraction of sp³-hybridized carbons (Fsp3) is 0.600. The quantitative estimate of drug-likeness (QED) is 0.729. The van der Waals surface area contributed by atoms with Crippen molar-refractivity contribution in [1.82, 2.24) is 10.6 Å². The van der Waals surface area contributed by atoms with Gasteiger partial charge in [0.05, 0.1) is 10.6 Å². The average molecular weight is 395 g/mol. The standard InChI is InChI=1S/C20H24ClFN2O3/c21-15-11-13(22)10-14(16(15)25)18(27)24-20-7-4-19(5-8-20,6-9-20)23-17(26)12-2-1-3-12/h10-12,25H,1-9H2,(H,23,26)(H,24,27). The number of halogens is 2. The zero-order valence-electron chi connectivity index (χ0n) is 15.1. The first kappa shape index (κ1) is 18.5. The first-order chi connectivity index (χ1) is 12.8. The highest BCUT2D eigenvalue weighted by Crippen LogP contribution is 2.47. The molecule has 0 heterocycles. The van der Waals surface area contributed by atoms with Gasteiger partial charge >= 0.3 is 0 Å². The Bertz CT molecular complexity index is 769. The Morgan fingerprint density at radius 3 is 2.11 bits per heavy atom. The summed E-state index contributed by atoms with van der Waals surface area (Å²) in [5.74, 6) is -1.22. The van der Waals surface area contributed by atoms with Crippen molar-refractivity contribution in [3.05, 3.63) is 28.5 Å². The molecule has 1 aromatic rings. The molecule has 0 radical (unpaired) electrons. The number of carbonyl (C=O) groups is 2. The second kappa shape index (κ2) is 6.66. The molecule has 27 heavy (non-hydrogen) atoms. The molecule has 146 valence electrons. The first-order valence-electron chi connectivity index (χ1n) is 9.64. The number of benzene rings is 1. The van der Waals surface area contributed by atoms with Gasteiger partial charge in [-0.05, 0) is 63.5 Å². The molecule has 0 atom stereocenters. The van der Waals surface area contributed by atoms with Crippen LogP contribution >= 0.6 is 11.6 Å². The lowest BCUT2D eigenvalue weighted by Crippen LogP contribution is -2.64. The Balaban J connectivity index is 1.42. The summed E-state index contributed by atoms with van der Waals surface area (Å²) in [4.78, 5) is 25.0. The van der Waals surface area contributed by atoms with E-state index in [-0.39, 0.29) is 33.5 Å². The van der Waals surface area contributed by atoms with Crippen molar-refractivity contribution in [2.75, 3.05) is 0 Å². The molecule has 2 bridgehead atoms. The normalized spacial score (nSPS) is 29.9. The van der Waals surface area contributed by atoms with Crippen LogP contribution in [0, 0.1) is 11.7 Å². The smallest absolute Gasteiger partial charge is 0.255 e. The van der Waals surface area contributed by atoms with Crippen molar-refractivity contribution in [3.63, 3.8) is 0 Å². The summed E-state index contributed by atoms with van der Waals surface area (Å²) < 4.78 is 13.6. The van der Waals surface area contributed by atoms with Crippen LogP contribution in [0.1, 0.15) is 68.1 Å². The predicted molar refractivity (Wildman–Crippen MR) is 99.2 cm³/mol. The van der Waals surface area contributed by atoms with Crippen molar-refractivity contribution < 1.29 is 19.1 Å². The highest BCUT2D eigenvalue weighted by molar-refractivity contribution is 6.32. The van der Waals surface area contributed by atoms with Crippen molar-refractivity contribution in [2.24, 2.45) is 5.92 Å². The Hall–Kier alpha value is -1.82. The second-order valence-electron chi connectivity index (χ2n) is 8.42. The Morgan fingerprint density at radius 2 is 1.59 bits per heavy atom. The minimum Gasteiger partial charge on any atom is -0.506 e. The van der Waals surface area contributed by atoms with Gasteiger partial charge < -0.3 is 15.7 Å². The van der Waals surface area contributed by atoms with Gasteiger partial charge in [-0.1, -0.05) is 18.0 Å². The number of phenols is 1. The average Bonchev–Trinajstić information content (AvgIpc) is 2.58. The molecular weight excluding hydrogens is 371 g/mol. The lowest BCUT2D eigenvalue weighted by atomic mass is 9.61. The molecular formula is C20H24ClFN2O3. The van der Waals surface area contributed by atoms with Crippen LogP contribution in [0.2, 0.25) is 5.02 Å². The largest absolute Gasteiger partial charge is 0.506 e. The molecule has 5 rings (SSSR count). The summed E-state index contributed by atoms with van der Waals surface area (Å²) >= 11 is 5.78. The van der Waals surface area contributed by atoms with Crippen LogP contribution in [0.15, 0.2) is 12.1 Å². The number of amides is 2. The molecule has 0 saturated heterocycles. The van der Waals surface area contributed by atoms with Crippen LogP contribution in [-0.4, -0.2) is 28.0 Å². The maximum Gasteiger partial charge on any atom is 0.255 e. The van der Waals surface area contributed by atoms with E-state index in [1.54, 1.807) is 0 Å². The molecule has 4 aliphatic rings. The van der Waals surface area contributed by atoms with Gasteiger partial charge in [0.25, 0.3) is 5.91 Å². The number of fused-ring (bicyclic) bond motifs is 3. The Morgan fingerprint density at radius 1 is 1.04 bits per heavy atom. The van der Waals surface area contributed by atoms with Crippen molar-refractivity contribution in [1.29, 1.82) is 0 Å². The lowest BCUT2D eigenvalue weighted by molar-refractivity contribution is -0.131. The monoisotopic (exact) mass is 394 g/mol. The summed E-state index contributed by atoms with van der Waals surface area (Å²) in [6.45, 7) is 0. The third-order valence-electron chi connectivity index (χ3n) is 6.76. The zero-order valence-corrected chi connectivity index (χ0v) is 15.9. The SMILES string of the molecule is O=C(NC12CCC(NC(=O)C3CCC3)(CC1)CC2)c1cc(F)cc(Cl)c1O. The Labute approximate surface area is 162 Å². The van der Waals surface area contributed by atoms with E-state index in [4.69, 9.17) is 11.6 Å². The lowest BCUT2D eigenvalue weighted by Gasteiger charge is -2.54. The van der Waals surface area contributed by atoms with Crippen LogP contribution in [0.25, 0.3) is 0 Å². The van der Waals surface area contributed by atoms with Gasteiger partial charge in [-0.3, -0.25) is 9.59 Å². The molecule has 4 aliphatic carbocycles. The molecule has 7 heteroatoms. The van der Waals surface area contributed by atoms with E-state index < -0.39 is 17.5 Å². The summed E-state index contributed by atoms with van der Waals surface area (Å²) in [5.41, 5.74) is -0.663. The Kier molecular flexibility index (Phi) is 4.57. The molecule has 1 aromatic carbocycles. The van der Waals surface area contributed by atoms with E-state index >= 15 is 0 Å². The van der Waals surface area contributed by atoms with Crippen LogP contribution in [0.3, 0.4) is 0 Å². The topological polar surface area (TPSA) is 78.4 Å². The third-order valence-corrected chi connectivity index (χ3v) is 7.05. The third kappa shape index (κ3) is 3.40. The van der Waals surface area contributed by atoms with Crippen LogP contribution in [-0.2, 0) is 4.79 Å². The highest BCUT2D eigenvalue weighted by Gasteiger charge is 2.50. The molecule has 4 fully saturated rings. The molecule has 0 unspecified atom stereocenters. The van der Waals surface area contributed by atoms with Crippen molar-refractivity contribution >= 4 is 23.4 Å². The number of carbonyl (C=O) groups excluding carboxylic acids is 2.